The largest absolute Gasteiger partial charge is 0.450 e. The number of hydrogen-bond acceptors (Lipinski definition) is 13. The fourth-order valence-electron chi connectivity index (χ4n) is 8.48. The number of hydrogen-bond donors (Lipinski definition) is 1. The third kappa shape index (κ3) is 14.5. The summed E-state index contributed by atoms with van der Waals surface area (Å²) in [5, 5.41) is 23.9. The summed E-state index contributed by atoms with van der Waals surface area (Å²) in [6.07, 6.45) is 9.09. The van der Waals surface area contributed by atoms with E-state index in [-0.39, 0.29) is 63.1 Å². The van der Waals surface area contributed by atoms with Crippen LogP contribution in [0.4, 0.5) is 8.78 Å². The monoisotopic (exact) mass is 1170 g/mol. The molecule has 0 spiro atoms. The Balaban J connectivity index is 0.000000173. The molecule has 2 fully saturated rings. The van der Waals surface area contributed by atoms with Crippen LogP contribution in [0.3, 0.4) is 0 Å². The Bertz CT molecular complexity index is 3830. The molecule has 79 heavy (non-hydrogen) atoms. The predicted molar refractivity (Wildman–Crippen MR) is 295 cm³/mol. The summed E-state index contributed by atoms with van der Waals surface area (Å²) in [6, 6.07) is 28.0. The Morgan fingerprint density at radius 3 is 1.77 bits per heavy atom. The Morgan fingerprint density at radius 1 is 0.696 bits per heavy atom. The van der Waals surface area contributed by atoms with Gasteiger partial charge in [-0.2, -0.15) is 20.3 Å². The third-order valence-electron chi connectivity index (χ3n) is 12.4. The van der Waals surface area contributed by atoms with Crippen molar-refractivity contribution in [3.63, 3.8) is 0 Å². The van der Waals surface area contributed by atoms with Crippen molar-refractivity contribution >= 4 is 39.1 Å². The Hall–Kier alpha value is -8.11. The molecule has 22 heteroatoms. The molecule has 2 saturated heterocycles. The zero-order valence-electron chi connectivity index (χ0n) is 42.4. The minimum atomic E-state index is -0.547. The fourth-order valence-corrected chi connectivity index (χ4v) is 9.24. The average molecular weight is 1180 g/mol. The van der Waals surface area contributed by atoms with Gasteiger partial charge >= 0.3 is 0 Å². The molecule has 2 aliphatic rings. The lowest BCUT2D eigenvalue weighted by Gasteiger charge is -2.25. The molecule has 0 saturated carbocycles. The number of alkyl halides is 1. The van der Waals surface area contributed by atoms with E-state index in [1.807, 2.05) is 24.4 Å². The first-order valence-electron chi connectivity index (χ1n) is 24.7. The molecular weight excluding hydrogens is 1130 g/mol. The summed E-state index contributed by atoms with van der Waals surface area (Å²) in [7, 11) is 0. The number of pyridine rings is 1. The molecule has 6 heterocycles. The molecule has 0 amide bonds. The second kappa shape index (κ2) is 26.5. The SMILES string of the molecule is Cc1nc[nH]c(=O)c1Oc1cc(Cl)cc(C#N)c1.Cc1ncn(Cc2cc(-c3ccc(F)cc3)c(=O)n(C3CCCCO3)n2)c(=O)c1Oc1cc(Cl)cc(C#N)c1.O=c1c(-c2ccc(F)cc2)cc(CBr)cn1C1CCCCO1. The highest BCUT2D eigenvalue weighted by Crippen LogP contribution is 2.29. The summed E-state index contributed by atoms with van der Waals surface area (Å²) >= 11 is 15.4. The van der Waals surface area contributed by atoms with Gasteiger partial charge in [-0.25, -0.2) is 18.7 Å². The van der Waals surface area contributed by atoms with Crippen LogP contribution in [-0.2, 0) is 21.3 Å². The Kier molecular flexibility index (Phi) is 19.1. The van der Waals surface area contributed by atoms with E-state index in [0.29, 0.717) is 75.1 Å². The molecule has 4 aromatic carbocycles. The van der Waals surface area contributed by atoms with Crippen LogP contribution in [-0.4, -0.2) is 47.1 Å². The van der Waals surface area contributed by atoms with Crippen molar-refractivity contribution in [2.75, 3.05) is 13.2 Å². The molecule has 0 aliphatic carbocycles. The molecule has 17 nitrogen and oxygen atoms in total. The van der Waals surface area contributed by atoms with Crippen molar-refractivity contribution in [2.24, 2.45) is 0 Å². The maximum atomic E-state index is 13.6. The molecular formula is C57H48BrCl2F2N9O8. The molecule has 2 atom stereocenters. The number of nitriles is 2. The van der Waals surface area contributed by atoms with Crippen molar-refractivity contribution in [2.45, 2.75) is 76.7 Å². The minimum absolute atomic E-state index is 0.0251. The summed E-state index contributed by atoms with van der Waals surface area (Å²) in [5.74, 6) is -0.138. The minimum Gasteiger partial charge on any atom is -0.450 e. The molecule has 0 radical (unpaired) electrons. The first-order valence-corrected chi connectivity index (χ1v) is 26.5. The van der Waals surface area contributed by atoms with Crippen LogP contribution in [0.25, 0.3) is 22.3 Å². The van der Waals surface area contributed by atoms with Crippen LogP contribution in [0.15, 0.2) is 135 Å². The summed E-state index contributed by atoms with van der Waals surface area (Å²) in [5.41, 5.74) is 3.61. The van der Waals surface area contributed by atoms with Crippen LogP contribution in [0.1, 0.15) is 84.8 Å². The Labute approximate surface area is 468 Å². The number of H-pyrrole nitrogens is 1. The van der Waals surface area contributed by atoms with E-state index in [4.69, 9.17) is 47.4 Å². The molecule has 8 aromatic rings. The van der Waals surface area contributed by atoms with Crippen LogP contribution in [0.5, 0.6) is 23.0 Å². The number of nitrogens with one attached hydrogen (secondary N) is 1. The van der Waals surface area contributed by atoms with Gasteiger partial charge in [-0.3, -0.25) is 28.3 Å². The van der Waals surface area contributed by atoms with Gasteiger partial charge in [0.2, 0.25) is 11.5 Å². The zero-order chi connectivity index (χ0) is 56.2. The van der Waals surface area contributed by atoms with Crippen LogP contribution in [0.2, 0.25) is 10.0 Å². The first-order chi connectivity index (χ1) is 38.1. The van der Waals surface area contributed by atoms with Gasteiger partial charge in [0.05, 0.1) is 65.1 Å². The molecule has 2 aliphatic heterocycles. The molecule has 1 N–H and O–H groups in total. The normalized spacial score (nSPS) is 14.8. The van der Waals surface area contributed by atoms with E-state index in [0.717, 1.165) is 43.2 Å². The fraction of sp³-hybridized carbons (Fsp3) is 0.246. The van der Waals surface area contributed by atoms with Crippen molar-refractivity contribution in [3.05, 3.63) is 213 Å². The number of benzene rings is 4. The molecule has 0 bridgehead atoms. The van der Waals surface area contributed by atoms with Crippen LogP contribution < -0.4 is 31.7 Å². The lowest BCUT2D eigenvalue weighted by atomic mass is 10.1. The second-order valence-electron chi connectivity index (χ2n) is 18.1. The summed E-state index contributed by atoms with van der Waals surface area (Å²) < 4.78 is 53.8. The smallest absolute Gasteiger partial charge is 0.296 e. The van der Waals surface area contributed by atoms with Crippen LogP contribution in [0, 0.1) is 48.1 Å². The highest BCUT2D eigenvalue weighted by molar-refractivity contribution is 9.08. The number of halogens is 5. The van der Waals surface area contributed by atoms with Gasteiger partial charge in [-0.15, -0.1) is 0 Å². The van der Waals surface area contributed by atoms with Crippen molar-refractivity contribution in [1.29, 1.82) is 10.5 Å². The topological polar surface area (TPSA) is 222 Å². The van der Waals surface area contributed by atoms with Crippen molar-refractivity contribution in [3.8, 4) is 57.4 Å². The summed E-state index contributed by atoms with van der Waals surface area (Å²) in [4.78, 5) is 61.8. The third-order valence-corrected chi connectivity index (χ3v) is 13.5. The quantitative estimate of drug-likeness (QED) is 0.119. The number of ether oxygens (including phenoxy) is 4. The molecule has 404 valence electrons. The van der Waals surface area contributed by atoms with Crippen LogP contribution >= 0.6 is 39.1 Å². The van der Waals surface area contributed by atoms with E-state index in [1.165, 1.54) is 94.7 Å². The van der Waals surface area contributed by atoms with Gasteiger partial charge in [0.1, 0.15) is 29.4 Å². The number of aryl methyl sites for hydroxylation is 2. The lowest BCUT2D eigenvalue weighted by molar-refractivity contribution is -0.0427. The zero-order valence-corrected chi connectivity index (χ0v) is 45.5. The average Bonchev–Trinajstić information content (AvgIpc) is 3.49. The van der Waals surface area contributed by atoms with E-state index < -0.39 is 17.6 Å². The van der Waals surface area contributed by atoms with Gasteiger partial charge in [0, 0.05) is 40.3 Å². The second-order valence-corrected chi connectivity index (χ2v) is 19.5. The van der Waals surface area contributed by atoms with E-state index >= 15 is 0 Å². The van der Waals surface area contributed by atoms with Gasteiger partial charge in [0.15, 0.2) is 6.23 Å². The van der Waals surface area contributed by atoms with Gasteiger partial charge in [0.25, 0.3) is 22.2 Å². The first kappa shape index (κ1) is 57.1. The van der Waals surface area contributed by atoms with Crippen molar-refractivity contribution in [1.82, 2.24) is 33.9 Å². The van der Waals surface area contributed by atoms with Gasteiger partial charge in [-0.05, 0) is 142 Å². The molecule has 4 aromatic heterocycles. The number of nitrogens with zero attached hydrogens (tertiary/aromatic N) is 8. The number of aromatic nitrogens is 7. The van der Waals surface area contributed by atoms with E-state index in [2.05, 4.69) is 36.0 Å². The van der Waals surface area contributed by atoms with E-state index in [9.17, 15) is 33.2 Å². The summed E-state index contributed by atoms with van der Waals surface area (Å²) in [6.45, 7) is 4.45. The Morgan fingerprint density at radius 2 is 1.24 bits per heavy atom. The number of aromatic amines is 1. The van der Waals surface area contributed by atoms with E-state index in [1.54, 1.807) is 36.6 Å². The van der Waals surface area contributed by atoms with Gasteiger partial charge < -0.3 is 23.9 Å². The van der Waals surface area contributed by atoms with Crippen molar-refractivity contribution < 1.29 is 27.7 Å². The predicted octanol–water partition coefficient (Wildman–Crippen LogP) is 11.6. The highest BCUT2D eigenvalue weighted by atomic mass is 79.9. The molecule has 2 unspecified atom stereocenters. The maximum Gasteiger partial charge on any atom is 0.296 e. The maximum absolute atomic E-state index is 13.6. The lowest BCUT2D eigenvalue weighted by Crippen LogP contribution is -2.33. The van der Waals surface area contributed by atoms with Gasteiger partial charge in [-0.1, -0.05) is 63.4 Å². The highest BCUT2D eigenvalue weighted by Gasteiger charge is 2.23. The number of rotatable bonds is 11. The standard InChI is InChI=1S/C28H23ClFN5O4.C17H17BrFNO2.C12H8ClN3O2/c1-17-26(39-23-11-18(14-31)10-20(29)12-23)28(37)34(16-32-17)15-22-13-24(19-5-7-21(30)8-6-19)27(36)35(33-22)25-4-2-3-9-38-25;18-10-12-9-15(13-4-6-14(19)7-5-13)17(21)20(11-12)16-3-1-2-8-22-16;1-7-11(12(17)16-6-15-7)18-10-3-8(5-14)2-9(13)4-10/h5-8,10-13,16,25H,2-4,9,15H2,1H3;4-7,9,11,16H,1-3,8,10H2;2-4,6H,1H3,(H,15,16,17). The molecule has 10 rings (SSSR count).